The van der Waals surface area contributed by atoms with E-state index in [0.717, 1.165) is 31.2 Å². The molecule has 0 aliphatic heterocycles. The molecule has 0 radical (unpaired) electrons. The number of carbonyl (C=O) groups is 1. The van der Waals surface area contributed by atoms with E-state index in [1.54, 1.807) is 23.6 Å². The van der Waals surface area contributed by atoms with Crippen LogP contribution in [0.1, 0.15) is 80.6 Å². The Bertz CT molecular complexity index is 1050. The number of rotatable bonds is 3. The zero-order valence-corrected chi connectivity index (χ0v) is 18.5. The second-order valence-electron chi connectivity index (χ2n) is 10.2. The highest BCUT2D eigenvalue weighted by molar-refractivity contribution is 5.94. The van der Waals surface area contributed by atoms with Crippen LogP contribution in [0, 0.1) is 28.6 Å². The van der Waals surface area contributed by atoms with E-state index in [2.05, 4.69) is 37.3 Å². The summed E-state index contributed by atoms with van der Waals surface area (Å²) in [7, 11) is 0. The number of benzene rings is 1. The first-order valence-electron chi connectivity index (χ1n) is 11.7. The van der Waals surface area contributed by atoms with E-state index in [0.29, 0.717) is 5.92 Å². The zero-order valence-electron chi connectivity index (χ0n) is 18.5. The summed E-state index contributed by atoms with van der Waals surface area (Å²) in [6, 6.07) is 10.4. The van der Waals surface area contributed by atoms with E-state index in [-0.39, 0.29) is 29.5 Å². The molecule has 0 unspecified atom stereocenters. The van der Waals surface area contributed by atoms with Gasteiger partial charge in [-0.2, -0.15) is 5.26 Å². The third kappa shape index (κ3) is 2.99. The van der Waals surface area contributed by atoms with Crippen LogP contribution in [-0.2, 0) is 0 Å². The summed E-state index contributed by atoms with van der Waals surface area (Å²) in [6.45, 7) is 3.80. The molecule has 5 atom stereocenters. The highest BCUT2D eigenvalue weighted by atomic mass is 16.3. The number of hydrogen-bond donors (Lipinski definition) is 1. The molecule has 1 aromatic carbocycles. The van der Waals surface area contributed by atoms with Gasteiger partial charge < -0.3 is 5.11 Å². The quantitative estimate of drug-likeness (QED) is 0.486. The maximum atomic E-state index is 11.8. The van der Waals surface area contributed by atoms with Gasteiger partial charge in [0.25, 0.3) is 0 Å². The van der Waals surface area contributed by atoms with Gasteiger partial charge in [-0.15, -0.1) is 0 Å². The molecule has 3 heteroatoms. The Kier molecular flexibility index (Phi) is 4.83. The van der Waals surface area contributed by atoms with Crippen LogP contribution in [0.3, 0.4) is 0 Å². The van der Waals surface area contributed by atoms with Crippen LogP contribution in [0.25, 0.3) is 0 Å². The van der Waals surface area contributed by atoms with Gasteiger partial charge in [0.15, 0.2) is 5.78 Å². The standard InChI is InChI=1S/C28H31NO2/c1-18(30)19-7-9-21(10-8-19)24-17-27(2)25(13-14-28(27,31)15-16-29)23-12-11-20-5-3-4-6-22(20)26(23)24/h5,7-10,13-14,23-25,31H,3-4,6,11-12,15,17H2,1-2H3/t23-,24+,25-,27-,28+/m0/s1. The molecule has 0 bridgehead atoms. The normalized spacial score (nSPS) is 36.2. The molecule has 160 valence electrons. The molecule has 1 N–H and O–H groups in total. The molecule has 0 saturated heterocycles. The number of ketones is 1. The fraction of sp³-hybridized carbons (Fsp3) is 0.500. The highest BCUT2D eigenvalue weighted by Gasteiger charge is 2.60. The Balaban J connectivity index is 1.66. The average molecular weight is 414 g/mol. The van der Waals surface area contributed by atoms with Gasteiger partial charge in [0.05, 0.1) is 12.5 Å². The fourth-order valence-electron chi connectivity index (χ4n) is 6.96. The maximum absolute atomic E-state index is 11.8. The van der Waals surface area contributed by atoms with Crippen molar-refractivity contribution in [2.75, 3.05) is 0 Å². The minimum atomic E-state index is -1.08. The zero-order chi connectivity index (χ0) is 21.8. The molecule has 1 fully saturated rings. The van der Waals surface area contributed by atoms with E-state index in [1.807, 2.05) is 18.2 Å². The van der Waals surface area contributed by atoms with Crippen molar-refractivity contribution < 1.29 is 9.90 Å². The van der Waals surface area contributed by atoms with Crippen molar-refractivity contribution in [1.29, 1.82) is 5.26 Å². The second kappa shape index (κ2) is 7.31. The third-order valence-corrected chi connectivity index (χ3v) is 8.69. The summed E-state index contributed by atoms with van der Waals surface area (Å²) in [4.78, 5) is 11.8. The number of aliphatic hydroxyl groups is 1. The van der Waals surface area contributed by atoms with E-state index in [4.69, 9.17) is 0 Å². The first-order chi connectivity index (χ1) is 14.9. The average Bonchev–Trinajstić information content (AvgIpc) is 3.03. The largest absolute Gasteiger partial charge is 0.384 e. The first kappa shape index (κ1) is 20.5. The Morgan fingerprint density at radius 3 is 2.74 bits per heavy atom. The number of fused-ring (bicyclic) bond motifs is 4. The summed E-state index contributed by atoms with van der Waals surface area (Å²) in [5.41, 5.74) is 5.20. The summed E-state index contributed by atoms with van der Waals surface area (Å²) in [5.74, 6) is 0.977. The van der Waals surface area contributed by atoms with Crippen molar-refractivity contribution in [3.8, 4) is 6.07 Å². The molecule has 0 amide bonds. The Morgan fingerprint density at radius 2 is 2.03 bits per heavy atom. The third-order valence-electron chi connectivity index (χ3n) is 8.69. The molecule has 0 heterocycles. The second-order valence-corrected chi connectivity index (χ2v) is 10.2. The highest BCUT2D eigenvalue weighted by Crippen LogP contribution is 2.65. The first-order valence-corrected chi connectivity index (χ1v) is 11.7. The number of Topliss-reactive ketones (excluding diaryl/α,β-unsaturated/α-hetero) is 1. The molecule has 5 rings (SSSR count). The maximum Gasteiger partial charge on any atom is 0.159 e. The lowest BCUT2D eigenvalue weighted by Gasteiger charge is -2.54. The molecule has 31 heavy (non-hydrogen) atoms. The monoisotopic (exact) mass is 413 g/mol. The predicted molar refractivity (Wildman–Crippen MR) is 121 cm³/mol. The molecule has 1 saturated carbocycles. The summed E-state index contributed by atoms with van der Waals surface area (Å²) in [5, 5.41) is 21.0. The van der Waals surface area contributed by atoms with Gasteiger partial charge in [0.2, 0.25) is 0 Å². The van der Waals surface area contributed by atoms with Crippen molar-refractivity contribution in [1.82, 2.24) is 0 Å². The number of allylic oxidation sites excluding steroid dienone is 5. The minimum Gasteiger partial charge on any atom is -0.384 e. The molecule has 4 aliphatic carbocycles. The van der Waals surface area contributed by atoms with Crippen molar-refractivity contribution >= 4 is 5.78 Å². The molecular formula is C28H31NO2. The SMILES string of the molecule is CC(=O)c1ccc([C@H]2C[C@@]3(C)[C@@H](C=C[C@@]3(O)CC#N)[C@@H]3CCC4=CCCCC4=C32)cc1. The van der Waals surface area contributed by atoms with E-state index < -0.39 is 5.60 Å². The topological polar surface area (TPSA) is 61.1 Å². The van der Waals surface area contributed by atoms with Gasteiger partial charge in [-0.05, 0) is 74.0 Å². The lowest BCUT2D eigenvalue weighted by Crippen LogP contribution is -2.52. The molecule has 4 aliphatic rings. The van der Waals surface area contributed by atoms with Gasteiger partial charge in [-0.1, -0.05) is 55.0 Å². The Morgan fingerprint density at radius 1 is 1.26 bits per heavy atom. The van der Waals surface area contributed by atoms with Crippen molar-refractivity contribution in [2.24, 2.45) is 17.3 Å². The number of nitrogens with zero attached hydrogens (tertiary/aromatic N) is 1. The lowest BCUT2D eigenvalue weighted by atomic mass is 9.50. The van der Waals surface area contributed by atoms with Crippen molar-refractivity contribution in [3.05, 3.63) is 70.3 Å². The lowest BCUT2D eigenvalue weighted by molar-refractivity contribution is -0.0709. The van der Waals surface area contributed by atoms with Crippen LogP contribution in [0.4, 0.5) is 0 Å². The van der Waals surface area contributed by atoms with E-state index in [1.165, 1.54) is 18.4 Å². The van der Waals surface area contributed by atoms with Crippen LogP contribution < -0.4 is 0 Å². The number of nitriles is 1. The smallest absolute Gasteiger partial charge is 0.159 e. The van der Waals surface area contributed by atoms with E-state index >= 15 is 0 Å². The summed E-state index contributed by atoms with van der Waals surface area (Å²) in [6.07, 6.45) is 13.3. The van der Waals surface area contributed by atoms with Gasteiger partial charge in [0.1, 0.15) is 5.60 Å². The Hall–Kier alpha value is -2.44. The number of carbonyl (C=O) groups excluding carboxylic acids is 1. The van der Waals surface area contributed by atoms with Crippen LogP contribution in [-0.4, -0.2) is 16.5 Å². The minimum absolute atomic E-state index is 0.0840. The van der Waals surface area contributed by atoms with Crippen LogP contribution in [0.15, 0.2) is 59.2 Å². The predicted octanol–water partition coefficient (Wildman–Crippen LogP) is 6.03. The van der Waals surface area contributed by atoms with Gasteiger partial charge >= 0.3 is 0 Å². The van der Waals surface area contributed by atoms with Gasteiger partial charge in [-0.3, -0.25) is 4.79 Å². The van der Waals surface area contributed by atoms with Crippen LogP contribution >= 0.6 is 0 Å². The van der Waals surface area contributed by atoms with Crippen LogP contribution in [0.2, 0.25) is 0 Å². The molecule has 1 aromatic rings. The molecular weight excluding hydrogens is 382 g/mol. The molecule has 3 nitrogen and oxygen atoms in total. The Labute approximate surface area is 185 Å². The van der Waals surface area contributed by atoms with Crippen molar-refractivity contribution in [2.45, 2.75) is 70.3 Å². The number of hydrogen-bond acceptors (Lipinski definition) is 3. The van der Waals surface area contributed by atoms with Crippen LogP contribution in [0.5, 0.6) is 0 Å². The van der Waals surface area contributed by atoms with Crippen molar-refractivity contribution in [3.63, 3.8) is 0 Å². The molecule has 0 spiro atoms. The summed E-state index contributed by atoms with van der Waals surface area (Å²) < 4.78 is 0. The fourth-order valence-corrected chi connectivity index (χ4v) is 6.96. The van der Waals surface area contributed by atoms with E-state index in [9.17, 15) is 15.2 Å². The molecule has 0 aromatic heterocycles. The summed E-state index contributed by atoms with van der Waals surface area (Å²) >= 11 is 0. The van der Waals surface area contributed by atoms with Gasteiger partial charge in [0, 0.05) is 16.9 Å². The van der Waals surface area contributed by atoms with Gasteiger partial charge in [-0.25, -0.2) is 0 Å².